The van der Waals surface area contributed by atoms with Gasteiger partial charge in [-0.25, -0.2) is 4.79 Å². The second kappa shape index (κ2) is 7.84. The quantitative estimate of drug-likeness (QED) is 0.882. The van der Waals surface area contributed by atoms with Gasteiger partial charge in [0.05, 0.1) is 0 Å². The van der Waals surface area contributed by atoms with Crippen LogP contribution >= 0.6 is 11.6 Å². The van der Waals surface area contributed by atoms with Crippen LogP contribution in [0.2, 0.25) is 5.02 Å². The van der Waals surface area contributed by atoms with Crippen molar-refractivity contribution in [2.24, 2.45) is 0 Å². The molecule has 1 saturated heterocycles. The lowest BCUT2D eigenvalue weighted by Gasteiger charge is -2.20. The molecule has 0 saturated carbocycles. The Labute approximate surface area is 151 Å². The van der Waals surface area contributed by atoms with E-state index in [0.717, 1.165) is 25.1 Å². The van der Waals surface area contributed by atoms with Crippen LogP contribution in [0.4, 0.5) is 4.79 Å². The van der Waals surface area contributed by atoms with E-state index in [1.807, 2.05) is 31.1 Å². The van der Waals surface area contributed by atoms with Crippen molar-refractivity contribution in [1.82, 2.24) is 25.3 Å². The van der Waals surface area contributed by atoms with Crippen molar-refractivity contribution in [3.8, 4) is 11.4 Å². The average Bonchev–Trinajstić information content (AvgIpc) is 3.25. The van der Waals surface area contributed by atoms with E-state index in [0.29, 0.717) is 35.7 Å². The zero-order valence-electron chi connectivity index (χ0n) is 14.4. The first kappa shape index (κ1) is 17.7. The molecule has 0 radical (unpaired) electrons. The van der Waals surface area contributed by atoms with Crippen molar-refractivity contribution >= 4 is 17.6 Å². The van der Waals surface area contributed by atoms with Crippen molar-refractivity contribution in [3.63, 3.8) is 0 Å². The van der Waals surface area contributed by atoms with Crippen LogP contribution in [0.1, 0.15) is 12.3 Å². The van der Waals surface area contributed by atoms with Crippen LogP contribution in [0.15, 0.2) is 28.8 Å². The second-order valence-electron chi connectivity index (χ2n) is 6.35. The summed E-state index contributed by atoms with van der Waals surface area (Å²) in [6.07, 6.45) is 1.51. The Morgan fingerprint density at radius 1 is 1.40 bits per heavy atom. The van der Waals surface area contributed by atoms with Crippen LogP contribution in [0.25, 0.3) is 11.4 Å². The molecule has 1 atom stereocenters. The number of likely N-dealkylation sites (tertiary alicyclic amines) is 1. The van der Waals surface area contributed by atoms with Crippen molar-refractivity contribution in [1.29, 1.82) is 0 Å². The highest BCUT2D eigenvalue weighted by Crippen LogP contribution is 2.18. The Morgan fingerprint density at radius 3 is 2.84 bits per heavy atom. The monoisotopic (exact) mass is 363 g/mol. The first-order valence-corrected chi connectivity index (χ1v) is 8.68. The van der Waals surface area contributed by atoms with E-state index in [1.54, 1.807) is 12.1 Å². The largest absolute Gasteiger partial charge is 0.339 e. The van der Waals surface area contributed by atoms with Crippen LogP contribution in [-0.2, 0) is 6.42 Å². The third kappa shape index (κ3) is 4.49. The van der Waals surface area contributed by atoms with Gasteiger partial charge < -0.3 is 19.6 Å². The van der Waals surface area contributed by atoms with Crippen LogP contribution < -0.4 is 5.32 Å². The maximum absolute atomic E-state index is 12.2. The van der Waals surface area contributed by atoms with Gasteiger partial charge >= 0.3 is 6.03 Å². The lowest BCUT2D eigenvalue weighted by Crippen LogP contribution is -2.41. The number of nitrogens with one attached hydrogen (secondary N) is 1. The fraction of sp³-hybridized carbons (Fsp3) is 0.471. The van der Waals surface area contributed by atoms with Gasteiger partial charge in [-0.2, -0.15) is 4.98 Å². The van der Waals surface area contributed by atoms with Crippen molar-refractivity contribution < 1.29 is 9.32 Å². The highest BCUT2D eigenvalue weighted by molar-refractivity contribution is 6.30. The van der Waals surface area contributed by atoms with Gasteiger partial charge in [-0.1, -0.05) is 16.8 Å². The van der Waals surface area contributed by atoms with Gasteiger partial charge in [-0.15, -0.1) is 0 Å². The number of benzene rings is 1. The minimum absolute atomic E-state index is 0.0400. The fourth-order valence-corrected chi connectivity index (χ4v) is 2.93. The normalized spacial score (nSPS) is 17.3. The number of urea groups is 1. The third-order valence-corrected chi connectivity index (χ3v) is 4.62. The number of halogens is 1. The number of rotatable bonds is 5. The van der Waals surface area contributed by atoms with Gasteiger partial charge in [0.25, 0.3) is 0 Å². The minimum atomic E-state index is -0.0400. The van der Waals surface area contributed by atoms with Gasteiger partial charge in [0.15, 0.2) is 0 Å². The summed E-state index contributed by atoms with van der Waals surface area (Å²) < 4.78 is 5.24. The predicted molar refractivity (Wildman–Crippen MR) is 95.5 cm³/mol. The second-order valence-corrected chi connectivity index (χ2v) is 6.79. The smallest absolute Gasteiger partial charge is 0.317 e. The molecule has 3 rings (SSSR count). The molecule has 0 aliphatic carbocycles. The number of hydrogen-bond acceptors (Lipinski definition) is 5. The molecular weight excluding hydrogens is 342 g/mol. The number of likely N-dealkylation sites (N-methyl/N-ethyl adjacent to an activating group) is 1. The molecule has 1 aromatic carbocycles. The Balaban J connectivity index is 1.46. The van der Waals surface area contributed by atoms with E-state index >= 15 is 0 Å². The van der Waals surface area contributed by atoms with Crippen LogP contribution in [0.5, 0.6) is 0 Å². The van der Waals surface area contributed by atoms with Crippen molar-refractivity contribution in [2.45, 2.75) is 18.9 Å². The maximum Gasteiger partial charge on any atom is 0.317 e. The Bertz CT molecular complexity index is 716. The SMILES string of the molecule is CN(C)[C@H]1CCN(C(=O)NCCc2nc(-c3ccc(Cl)cc3)no2)C1. The number of nitrogens with zero attached hydrogens (tertiary/aromatic N) is 4. The lowest BCUT2D eigenvalue weighted by molar-refractivity contribution is 0.203. The number of amides is 2. The van der Waals surface area contributed by atoms with Crippen LogP contribution in [0.3, 0.4) is 0 Å². The molecule has 2 heterocycles. The van der Waals surface area contributed by atoms with Gasteiger partial charge in [0, 0.05) is 42.7 Å². The third-order valence-electron chi connectivity index (χ3n) is 4.37. The van der Waals surface area contributed by atoms with E-state index in [4.69, 9.17) is 16.1 Å². The lowest BCUT2D eigenvalue weighted by atomic mass is 10.2. The molecule has 25 heavy (non-hydrogen) atoms. The fourth-order valence-electron chi connectivity index (χ4n) is 2.81. The predicted octanol–water partition coefficient (Wildman–Crippen LogP) is 2.28. The molecule has 134 valence electrons. The van der Waals surface area contributed by atoms with E-state index in [-0.39, 0.29) is 6.03 Å². The van der Waals surface area contributed by atoms with E-state index in [1.165, 1.54) is 0 Å². The summed E-state index contributed by atoms with van der Waals surface area (Å²) in [7, 11) is 4.08. The molecule has 2 aromatic rings. The number of aromatic nitrogens is 2. The molecule has 0 bridgehead atoms. The maximum atomic E-state index is 12.2. The van der Waals surface area contributed by atoms with Crippen LogP contribution in [-0.4, -0.2) is 65.7 Å². The molecule has 1 aliphatic heterocycles. The zero-order valence-corrected chi connectivity index (χ0v) is 15.2. The number of hydrogen-bond donors (Lipinski definition) is 1. The molecule has 2 amide bonds. The van der Waals surface area contributed by atoms with Gasteiger partial charge in [-0.05, 0) is 44.8 Å². The highest BCUT2D eigenvalue weighted by Gasteiger charge is 2.27. The van der Waals surface area contributed by atoms with Gasteiger partial charge in [0.2, 0.25) is 11.7 Å². The van der Waals surface area contributed by atoms with Gasteiger partial charge in [0.1, 0.15) is 0 Å². The summed E-state index contributed by atoms with van der Waals surface area (Å²) in [6, 6.07) is 7.64. The summed E-state index contributed by atoms with van der Waals surface area (Å²) >= 11 is 5.87. The average molecular weight is 364 g/mol. The molecule has 1 aliphatic rings. The number of carbonyl (C=O) groups excluding carboxylic acids is 1. The summed E-state index contributed by atoms with van der Waals surface area (Å²) in [5.41, 5.74) is 0.843. The Kier molecular flexibility index (Phi) is 5.55. The van der Waals surface area contributed by atoms with Crippen molar-refractivity contribution in [2.75, 3.05) is 33.7 Å². The Hall–Kier alpha value is -2.12. The van der Waals surface area contributed by atoms with E-state index in [9.17, 15) is 4.79 Å². The molecule has 0 spiro atoms. The van der Waals surface area contributed by atoms with E-state index in [2.05, 4.69) is 20.4 Å². The molecule has 0 unspecified atom stereocenters. The first-order valence-electron chi connectivity index (χ1n) is 8.30. The minimum Gasteiger partial charge on any atom is -0.339 e. The molecule has 8 heteroatoms. The standard InChI is InChI=1S/C17H22ClN5O2/c1-22(2)14-8-10-23(11-14)17(24)19-9-7-15-20-16(21-25-15)12-3-5-13(18)6-4-12/h3-6,14H,7-11H2,1-2H3,(H,19,24)/t14-/m0/s1. The molecular formula is C17H22ClN5O2. The molecule has 1 fully saturated rings. The van der Waals surface area contributed by atoms with Gasteiger partial charge in [-0.3, -0.25) is 0 Å². The summed E-state index contributed by atoms with van der Waals surface area (Å²) in [5, 5.41) is 7.54. The topological polar surface area (TPSA) is 74.5 Å². The van der Waals surface area contributed by atoms with Crippen LogP contribution in [0, 0.1) is 0 Å². The summed E-state index contributed by atoms with van der Waals surface area (Å²) in [4.78, 5) is 20.5. The van der Waals surface area contributed by atoms with E-state index < -0.39 is 0 Å². The Morgan fingerprint density at radius 2 is 2.16 bits per heavy atom. The molecule has 1 N–H and O–H groups in total. The number of carbonyl (C=O) groups is 1. The summed E-state index contributed by atoms with van der Waals surface area (Å²) in [6.45, 7) is 2.01. The molecule has 7 nitrogen and oxygen atoms in total. The first-order chi connectivity index (χ1) is 12.0. The zero-order chi connectivity index (χ0) is 17.8. The highest BCUT2D eigenvalue weighted by atomic mass is 35.5. The molecule has 1 aromatic heterocycles. The summed E-state index contributed by atoms with van der Waals surface area (Å²) in [5.74, 6) is 1.02. The van der Waals surface area contributed by atoms with Crippen molar-refractivity contribution in [3.05, 3.63) is 35.2 Å².